The van der Waals surface area contributed by atoms with E-state index >= 15 is 0 Å². The molecule has 1 fully saturated rings. The maximum absolute atomic E-state index is 13.4. The van der Waals surface area contributed by atoms with Crippen molar-refractivity contribution in [1.82, 2.24) is 35.2 Å². The van der Waals surface area contributed by atoms with Gasteiger partial charge in [-0.25, -0.2) is 19.9 Å². The summed E-state index contributed by atoms with van der Waals surface area (Å²) < 4.78 is 78.8. The molecule has 1 saturated heterocycles. The van der Waals surface area contributed by atoms with E-state index < -0.39 is 23.5 Å². The standard InChI is InChI=1S/C27H24F3N5.C16H9ClF3N3.ClH/c28-27(29,30)22-8-4-7-21(16-22)24-17-33-26(34-25(24)20-9-11-31-12-10-20)35-14-13-32-23(18-35)15-19-5-2-1-3-6-19;17-15-22-9-13(14(23-15)10-4-6-21-7-5-10)11-2-1-3-12(8-11)16(18,19)20;/h1-12,16-17,23,32H,13-15,18H2;1-9H;1H/t23-;;/m0../s1. The van der Waals surface area contributed by atoms with Crippen molar-refractivity contribution in [2.45, 2.75) is 24.8 Å². The number of piperazine rings is 1. The van der Waals surface area contributed by atoms with Crippen molar-refractivity contribution in [2.75, 3.05) is 24.5 Å². The molecule has 0 amide bonds. The average molecular weight is 848 g/mol. The van der Waals surface area contributed by atoms with Crippen LogP contribution in [0.25, 0.3) is 44.8 Å². The number of hydrogen-bond acceptors (Lipinski definition) is 8. The first-order valence-corrected chi connectivity index (χ1v) is 18.4. The van der Waals surface area contributed by atoms with E-state index in [0.29, 0.717) is 45.2 Å². The summed E-state index contributed by atoms with van der Waals surface area (Å²) in [7, 11) is 0. The average Bonchev–Trinajstić information content (AvgIpc) is 3.24. The maximum Gasteiger partial charge on any atom is 0.416 e. The Morgan fingerprint density at radius 2 is 1.15 bits per heavy atom. The molecule has 0 aliphatic carbocycles. The highest BCUT2D eigenvalue weighted by molar-refractivity contribution is 6.28. The topological polar surface area (TPSA) is 92.6 Å². The summed E-state index contributed by atoms with van der Waals surface area (Å²) in [4.78, 5) is 27.6. The van der Waals surface area contributed by atoms with E-state index in [0.717, 1.165) is 55.9 Å². The van der Waals surface area contributed by atoms with Crippen LogP contribution in [0.5, 0.6) is 0 Å². The maximum atomic E-state index is 13.4. The van der Waals surface area contributed by atoms with Gasteiger partial charge < -0.3 is 10.2 Å². The van der Waals surface area contributed by atoms with E-state index in [1.807, 2.05) is 18.2 Å². The van der Waals surface area contributed by atoms with Crippen LogP contribution in [0, 0.1) is 0 Å². The summed E-state index contributed by atoms with van der Waals surface area (Å²) >= 11 is 5.84. The molecule has 3 aromatic carbocycles. The number of halogens is 8. The molecule has 16 heteroatoms. The van der Waals surface area contributed by atoms with Crippen LogP contribution < -0.4 is 10.2 Å². The van der Waals surface area contributed by atoms with Gasteiger partial charge in [0.05, 0.1) is 22.5 Å². The lowest BCUT2D eigenvalue weighted by Gasteiger charge is -2.34. The summed E-state index contributed by atoms with van der Waals surface area (Å²) in [6.07, 6.45) is 1.52. The van der Waals surface area contributed by atoms with Gasteiger partial charge in [0.1, 0.15) is 0 Å². The molecule has 1 N–H and O–H groups in total. The largest absolute Gasteiger partial charge is 0.416 e. The molecule has 0 radical (unpaired) electrons. The van der Waals surface area contributed by atoms with Crippen molar-refractivity contribution >= 4 is 30.0 Å². The fourth-order valence-electron chi connectivity index (χ4n) is 6.54. The molecule has 0 saturated carbocycles. The Morgan fingerprint density at radius 3 is 1.69 bits per heavy atom. The van der Waals surface area contributed by atoms with E-state index in [-0.39, 0.29) is 23.7 Å². The van der Waals surface area contributed by atoms with Gasteiger partial charge in [-0.1, -0.05) is 54.6 Å². The Balaban J connectivity index is 0.000000212. The monoisotopic (exact) mass is 846 g/mol. The van der Waals surface area contributed by atoms with Gasteiger partial charge in [-0.3, -0.25) is 9.97 Å². The molecule has 0 unspecified atom stereocenters. The number of hydrogen-bond donors (Lipinski definition) is 1. The molecule has 8 nitrogen and oxygen atoms in total. The molecular formula is C43H34Cl2F6N8. The first-order chi connectivity index (χ1) is 27.9. The van der Waals surface area contributed by atoms with Crippen molar-refractivity contribution < 1.29 is 26.3 Å². The number of nitrogens with one attached hydrogen (secondary N) is 1. The lowest BCUT2D eigenvalue weighted by molar-refractivity contribution is -0.138. The molecule has 5 heterocycles. The van der Waals surface area contributed by atoms with E-state index in [1.165, 1.54) is 23.9 Å². The van der Waals surface area contributed by atoms with E-state index in [2.05, 4.69) is 47.3 Å². The van der Waals surface area contributed by atoms with Crippen molar-refractivity contribution in [2.24, 2.45) is 0 Å². The molecule has 1 atom stereocenters. The second kappa shape index (κ2) is 18.7. The zero-order chi connectivity index (χ0) is 40.7. The predicted octanol–water partition coefficient (Wildman–Crippen LogP) is 10.5. The lowest BCUT2D eigenvalue weighted by Crippen LogP contribution is -2.52. The Bertz CT molecular complexity index is 2460. The van der Waals surface area contributed by atoms with Gasteiger partial charge in [0.15, 0.2) is 0 Å². The van der Waals surface area contributed by atoms with Crippen LogP contribution >= 0.6 is 24.0 Å². The van der Waals surface area contributed by atoms with Gasteiger partial charge >= 0.3 is 12.4 Å². The smallest absolute Gasteiger partial charge is 0.338 e. The highest BCUT2D eigenvalue weighted by Gasteiger charge is 2.32. The summed E-state index contributed by atoms with van der Waals surface area (Å²) in [6.45, 7) is 2.26. The number of alkyl halides is 6. The van der Waals surface area contributed by atoms with Crippen LogP contribution in [-0.4, -0.2) is 55.6 Å². The number of aromatic nitrogens is 6. The molecule has 7 aromatic rings. The summed E-state index contributed by atoms with van der Waals surface area (Å²) in [5, 5.41) is 3.58. The van der Waals surface area contributed by atoms with Gasteiger partial charge in [0.2, 0.25) is 11.2 Å². The number of nitrogens with zero attached hydrogens (tertiary/aromatic N) is 7. The van der Waals surface area contributed by atoms with Crippen LogP contribution in [0.1, 0.15) is 16.7 Å². The van der Waals surface area contributed by atoms with Crippen LogP contribution in [0.2, 0.25) is 5.28 Å². The van der Waals surface area contributed by atoms with Gasteiger partial charge in [0, 0.05) is 85.1 Å². The van der Waals surface area contributed by atoms with Gasteiger partial charge in [-0.2, -0.15) is 26.3 Å². The number of rotatable bonds is 7. The van der Waals surface area contributed by atoms with E-state index in [9.17, 15) is 26.3 Å². The molecular weight excluding hydrogens is 813 g/mol. The van der Waals surface area contributed by atoms with Crippen molar-refractivity contribution in [3.05, 3.63) is 162 Å². The molecule has 59 heavy (non-hydrogen) atoms. The molecule has 0 spiro atoms. The van der Waals surface area contributed by atoms with Gasteiger partial charge in [0.25, 0.3) is 0 Å². The SMILES string of the molecule is Cl.FC(F)(F)c1cccc(-c2cnc(Cl)nc2-c2ccncc2)c1.FC(F)(F)c1cccc(-c2cnc(N3CCN[C@@H](Cc4ccccc4)C3)nc2-c2ccncc2)c1. The van der Waals surface area contributed by atoms with Crippen LogP contribution in [0.15, 0.2) is 140 Å². The van der Waals surface area contributed by atoms with Crippen LogP contribution in [0.3, 0.4) is 0 Å². The Hall–Kier alpha value is -5.96. The molecule has 8 rings (SSSR count). The lowest BCUT2D eigenvalue weighted by atomic mass is 9.99. The Kier molecular flexibility index (Phi) is 13.5. The number of benzene rings is 3. The zero-order valence-electron chi connectivity index (χ0n) is 30.9. The van der Waals surface area contributed by atoms with Gasteiger partial charge in [-0.15, -0.1) is 12.4 Å². The first kappa shape index (κ1) is 42.6. The minimum Gasteiger partial charge on any atom is -0.338 e. The third-order valence-corrected chi connectivity index (χ3v) is 9.49. The summed E-state index contributed by atoms with van der Waals surface area (Å²) in [5.74, 6) is 0.562. The third kappa shape index (κ3) is 10.8. The van der Waals surface area contributed by atoms with E-state index in [4.69, 9.17) is 16.6 Å². The zero-order valence-corrected chi connectivity index (χ0v) is 32.4. The second-order valence-corrected chi connectivity index (χ2v) is 13.6. The molecule has 0 bridgehead atoms. The molecule has 1 aliphatic heterocycles. The van der Waals surface area contributed by atoms with Crippen molar-refractivity contribution in [3.63, 3.8) is 0 Å². The normalized spacial score (nSPS) is 14.2. The minimum absolute atomic E-state index is 0. The Labute approximate surface area is 346 Å². The molecule has 1 aliphatic rings. The fourth-order valence-corrected chi connectivity index (χ4v) is 6.67. The van der Waals surface area contributed by atoms with E-state index in [1.54, 1.807) is 67.4 Å². The van der Waals surface area contributed by atoms with Crippen LogP contribution in [-0.2, 0) is 18.8 Å². The van der Waals surface area contributed by atoms with Crippen LogP contribution in [0.4, 0.5) is 32.3 Å². The number of anilines is 1. The summed E-state index contributed by atoms with van der Waals surface area (Å²) in [6, 6.07) is 27.8. The number of pyridine rings is 2. The highest BCUT2D eigenvalue weighted by Crippen LogP contribution is 2.37. The molecule has 302 valence electrons. The van der Waals surface area contributed by atoms with Gasteiger partial charge in [-0.05, 0) is 83.2 Å². The quantitative estimate of drug-likeness (QED) is 0.125. The minimum atomic E-state index is -4.43. The molecule has 4 aromatic heterocycles. The van der Waals surface area contributed by atoms with Crippen molar-refractivity contribution in [1.29, 1.82) is 0 Å². The second-order valence-electron chi connectivity index (χ2n) is 13.2. The van der Waals surface area contributed by atoms with Crippen molar-refractivity contribution in [3.8, 4) is 44.8 Å². The highest BCUT2D eigenvalue weighted by atomic mass is 35.5. The third-order valence-electron chi connectivity index (χ3n) is 9.31. The Morgan fingerprint density at radius 1 is 0.627 bits per heavy atom. The predicted molar refractivity (Wildman–Crippen MR) is 218 cm³/mol. The fraction of sp³-hybridized carbons (Fsp3) is 0.163. The first-order valence-electron chi connectivity index (χ1n) is 18.0. The summed E-state index contributed by atoms with van der Waals surface area (Å²) in [5.41, 5.74) is 4.10.